The molecule has 3 atom stereocenters. The Bertz CT molecular complexity index is 586. The molecule has 0 saturated heterocycles. The normalized spacial score (nSPS) is 14.1. The van der Waals surface area contributed by atoms with Gasteiger partial charge in [-0.3, -0.25) is 14.4 Å². The number of esters is 1. The zero-order valence-corrected chi connectivity index (χ0v) is 15.6. The number of nitrogens with one attached hydrogen (secondary N) is 1. The number of nitrogens with zero attached hydrogens (tertiary/aromatic N) is 1. The Labute approximate surface area is 149 Å². The summed E-state index contributed by atoms with van der Waals surface area (Å²) >= 11 is 0. The van der Waals surface area contributed by atoms with Gasteiger partial charge in [-0.05, 0) is 12.0 Å². The highest BCUT2D eigenvalue weighted by molar-refractivity contribution is 5.90. The summed E-state index contributed by atoms with van der Waals surface area (Å²) in [6, 6.07) is 8.83. The predicted octanol–water partition coefficient (Wildman–Crippen LogP) is 1.64. The number of carbonyl (C=O) groups is 3. The van der Waals surface area contributed by atoms with Crippen molar-refractivity contribution >= 4 is 17.8 Å². The Kier molecular flexibility index (Phi) is 8.11. The van der Waals surface area contributed by atoms with Crippen LogP contribution in [0.15, 0.2) is 30.3 Å². The van der Waals surface area contributed by atoms with Crippen molar-refractivity contribution < 1.29 is 19.1 Å². The fourth-order valence-electron chi connectivity index (χ4n) is 2.76. The topological polar surface area (TPSA) is 75.7 Å². The minimum absolute atomic E-state index is 0.183. The molecule has 0 radical (unpaired) electrons. The third-order valence-corrected chi connectivity index (χ3v) is 4.29. The molecule has 0 heterocycles. The van der Waals surface area contributed by atoms with E-state index < -0.39 is 23.8 Å². The molecule has 1 rings (SSSR count). The van der Waals surface area contributed by atoms with Crippen LogP contribution in [0.2, 0.25) is 0 Å². The SMILES string of the molecule is CCC(C(=O)NC(Cc1ccccc1)C(=O)N(C)C)C(C)C(=O)OC. The van der Waals surface area contributed by atoms with Crippen LogP contribution in [-0.2, 0) is 25.5 Å². The molecular formula is C19H28N2O4. The van der Waals surface area contributed by atoms with Gasteiger partial charge < -0.3 is 15.0 Å². The molecule has 6 nitrogen and oxygen atoms in total. The second-order valence-electron chi connectivity index (χ2n) is 6.31. The second-order valence-corrected chi connectivity index (χ2v) is 6.31. The fourth-order valence-corrected chi connectivity index (χ4v) is 2.76. The van der Waals surface area contributed by atoms with Crippen LogP contribution in [0.3, 0.4) is 0 Å². The smallest absolute Gasteiger partial charge is 0.309 e. The van der Waals surface area contributed by atoms with Crippen LogP contribution < -0.4 is 5.32 Å². The molecule has 0 aliphatic heterocycles. The number of carbonyl (C=O) groups excluding carboxylic acids is 3. The van der Waals surface area contributed by atoms with Gasteiger partial charge in [0.15, 0.2) is 0 Å². The molecule has 1 N–H and O–H groups in total. The Balaban J connectivity index is 2.93. The van der Waals surface area contributed by atoms with Gasteiger partial charge in [-0.2, -0.15) is 0 Å². The van der Waals surface area contributed by atoms with E-state index in [1.54, 1.807) is 21.0 Å². The molecule has 0 aromatic heterocycles. The Morgan fingerprint density at radius 2 is 1.76 bits per heavy atom. The van der Waals surface area contributed by atoms with Crippen molar-refractivity contribution in [3.8, 4) is 0 Å². The van der Waals surface area contributed by atoms with Crippen LogP contribution in [0.5, 0.6) is 0 Å². The van der Waals surface area contributed by atoms with E-state index in [1.165, 1.54) is 12.0 Å². The first-order valence-corrected chi connectivity index (χ1v) is 8.45. The lowest BCUT2D eigenvalue weighted by atomic mass is 9.90. The highest BCUT2D eigenvalue weighted by Crippen LogP contribution is 2.18. The highest BCUT2D eigenvalue weighted by Gasteiger charge is 2.32. The molecule has 1 aromatic rings. The molecule has 0 aliphatic rings. The maximum atomic E-state index is 12.7. The van der Waals surface area contributed by atoms with Crippen molar-refractivity contribution in [3.05, 3.63) is 35.9 Å². The maximum Gasteiger partial charge on any atom is 0.309 e. The molecule has 138 valence electrons. The highest BCUT2D eigenvalue weighted by atomic mass is 16.5. The summed E-state index contributed by atoms with van der Waals surface area (Å²) in [6.07, 6.45) is 0.878. The molecule has 0 aliphatic carbocycles. The van der Waals surface area contributed by atoms with E-state index in [9.17, 15) is 14.4 Å². The summed E-state index contributed by atoms with van der Waals surface area (Å²) in [7, 11) is 4.61. The predicted molar refractivity (Wildman–Crippen MR) is 95.7 cm³/mol. The number of hydrogen-bond donors (Lipinski definition) is 1. The number of rotatable bonds is 8. The van der Waals surface area contributed by atoms with Gasteiger partial charge in [-0.1, -0.05) is 44.2 Å². The lowest BCUT2D eigenvalue weighted by Gasteiger charge is -2.26. The summed E-state index contributed by atoms with van der Waals surface area (Å²) in [4.78, 5) is 38.4. The van der Waals surface area contributed by atoms with Gasteiger partial charge in [0.05, 0.1) is 18.9 Å². The Morgan fingerprint density at radius 1 is 1.16 bits per heavy atom. The van der Waals surface area contributed by atoms with Gasteiger partial charge >= 0.3 is 5.97 Å². The number of benzene rings is 1. The molecule has 3 unspecified atom stereocenters. The first kappa shape index (κ1) is 20.7. The first-order valence-electron chi connectivity index (χ1n) is 8.45. The largest absolute Gasteiger partial charge is 0.469 e. The van der Waals surface area contributed by atoms with E-state index in [0.29, 0.717) is 12.8 Å². The van der Waals surface area contributed by atoms with E-state index in [2.05, 4.69) is 5.32 Å². The van der Waals surface area contributed by atoms with E-state index in [1.807, 2.05) is 37.3 Å². The molecule has 0 bridgehead atoms. The van der Waals surface area contributed by atoms with Crippen molar-refractivity contribution in [2.24, 2.45) is 11.8 Å². The van der Waals surface area contributed by atoms with Crippen LogP contribution >= 0.6 is 0 Å². The van der Waals surface area contributed by atoms with Crippen molar-refractivity contribution in [2.45, 2.75) is 32.7 Å². The van der Waals surface area contributed by atoms with Gasteiger partial charge in [-0.15, -0.1) is 0 Å². The second kappa shape index (κ2) is 9.81. The Morgan fingerprint density at radius 3 is 2.24 bits per heavy atom. The van der Waals surface area contributed by atoms with Crippen LogP contribution in [0, 0.1) is 11.8 Å². The molecule has 0 fully saturated rings. The van der Waals surface area contributed by atoms with E-state index in [-0.39, 0.29) is 11.8 Å². The van der Waals surface area contributed by atoms with Crippen LogP contribution in [0.1, 0.15) is 25.8 Å². The van der Waals surface area contributed by atoms with E-state index in [0.717, 1.165) is 5.56 Å². The first-order chi connectivity index (χ1) is 11.8. The molecule has 6 heteroatoms. The molecule has 2 amide bonds. The van der Waals surface area contributed by atoms with Crippen LogP contribution in [0.25, 0.3) is 0 Å². The van der Waals surface area contributed by atoms with Gasteiger partial charge in [0.2, 0.25) is 11.8 Å². The fraction of sp³-hybridized carbons (Fsp3) is 0.526. The van der Waals surface area contributed by atoms with Gasteiger partial charge in [0.25, 0.3) is 0 Å². The average molecular weight is 348 g/mol. The third kappa shape index (κ3) is 5.89. The summed E-state index contributed by atoms with van der Waals surface area (Å²) in [6.45, 7) is 3.50. The molecular weight excluding hydrogens is 320 g/mol. The van der Waals surface area contributed by atoms with Gasteiger partial charge in [-0.25, -0.2) is 0 Å². The third-order valence-electron chi connectivity index (χ3n) is 4.29. The van der Waals surface area contributed by atoms with Gasteiger partial charge in [0, 0.05) is 20.5 Å². The van der Waals surface area contributed by atoms with Crippen molar-refractivity contribution in [2.75, 3.05) is 21.2 Å². The van der Waals surface area contributed by atoms with Crippen molar-refractivity contribution in [3.63, 3.8) is 0 Å². The minimum atomic E-state index is -0.677. The van der Waals surface area contributed by atoms with Gasteiger partial charge in [0.1, 0.15) is 6.04 Å². The molecule has 0 spiro atoms. The zero-order chi connectivity index (χ0) is 19.0. The molecule has 25 heavy (non-hydrogen) atoms. The maximum absolute atomic E-state index is 12.7. The lowest BCUT2D eigenvalue weighted by Crippen LogP contribution is -2.50. The lowest BCUT2D eigenvalue weighted by molar-refractivity contribution is -0.150. The monoisotopic (exact) mass is 348 g/mol. The molecule has 1 aromatic carbocycles. The summed E-state index contributed by atoms with van der Waals surface area (Å²) in [5.41, 5.74) is 0.956. The number of likely N-dealkylation sites (N-methyl/N-ethyl adjacent to an activating group) is 1. The minimum Gasteiger partial charge on any atom is -0.469 e. The number of ether oxygens (including phenoxy) is 1. The molecule has 0 saturated carbocycles. The summed E-state index contributed by atoms with van der Waals surface area (Å²) < 4.78 is 4.74. The summed E-state index contributed by atoms with van der Waals surface area (Å²) in [5.74, 6) is -2.03. The number of methoxy groups -OCH3 is 1. The zero-order valence-electron chi connectivity index (χ0n) is 15.6. The summed E-state index contributed by atoms with van der Waals surface area (Å²) in [5, 5.41) is 2.82. The number of hydrogen-bond acceptors (Lipinski definition) is 4. The standard InChI is InChI=1S/C19H28N2O4/c1-6-15(13(2)19(24)25-5)17(22)20-16(18(23)21(3)4)12-14-10-8-7-9-11-14/h7-11,13,15-16H,6,12H2,1-5H3,(H,20,22). The quantitative estimate of drug-likeness (QED) is 0.725. The van der Waals surface area contributed by atoms with Crippen LogP contribution in [0.4, 0.5) is 0 Å². The van der Waals surface area contributed by atoms with E-state index in [4.69, 9.17) is 4.74 Å². The van der Waals surface area contributed by atoms with Crippen LogP contribution in [-0.4, -0.2) is 49.9 Å². The van der Waals surface area contributed by atoms with E-state index >= 15 is 0 Å². The Hall–Kier alpha value is -2.37. The van der Waals surface area contributed by atoms with Crippen molar-refractivity contribution in [1.29, 1.82) is 0 Å². The number of amides is 2. The average Bonchev–Trinajstić information content (AvgIpc) is 2.61. The van der Waals surface area contributed by atoms with Crippen molar-refractivity contribution in [1.82, 2.24) is 10.2 Å².